The summed E-state index contributed by atoms with van der Waals surface area (Å²) in [6.07, 6.45) is 1.04. The summed E-state index contributed by atoms with van der Waals surface area (Å²) < 4.78 is 29.7. The summed E-state index contributed by atoms with van der Waals surface area (Å²) in [7, 11) is -3.39. The fraction of sp³-hybridized carbons (Fsp3) is 0.100. The number of hydrogen-bond donors (Lipinski definition) is 1. The number of hydrogen-bond acceptors (Lipinski definition) is 5. The Morgan fingerprint density at radius 3 is 2.19 bits per heavy atom. The summed E-state index contributed by atoms with van der Waals surface area (Å²) in [5.41, 5.74) is 1.02. The van der Waals surface area contributed by atoms with Crippen LogP contribution in [0.1, 0.15) is 20.7 Å². The lowest BCUT2D eigenvalue weighted by Gasteiger charge is -2.07. The fourth-order valence-electron chi connectivity index (χ4n) is 2.55. The molecule has 0 saturated heterocycles. The highest BCUT2D eigenvalue weighted by atomic mass is 32.2. The molecule has 27 heavy (non-hydrogen) atoms. The van der Waals surface area contributed by atoms with Gasteiger partial charge < -0.3 is 4.74 Å². The van der Waals surface area contributed by atoms with Crippen LogP contribution in [0.15, 0.2) is 66.7 Å². The van der Waals surface area contributed by atoms with Gasteiger partial charge in [-0.15, -0.1) is 0 Å². The fourth-order valence-corrected chi connectivity index (χ4v) is 3.11. The molecule has 3 aromatic carbocycles. The molecule has 0 radical (unpaired) electrons. The Balaban J connectivity index is 1.63. The minimum absolute atomic E-state index is 0.223. The first-order valence-corrected chi connectivity index (χ1v) is 9.98. The molecule has 0 fully saturated rings. The van der Waals surface area contributed by atoms with Gasteiger partial charge in [-0.2, -0.15) is 0 Å². The summed E-state index contributed by atoms with van der Waals surface area (Å²) in [6.45, 7) is -0.374. The van der Waals surface area contributed by atoms with E-state index in [1.807, 2.05) is 30.3 Å². The number of rotatable bonds is 6. The topological polar surface area (TPSA) is 89.5 Å². The van der Waals surface area contributed by atoms with Crippen LogP contribution in [0.25, 0.3) is 10.8 Å². The smallest absolute Gasteiger partial charge is 0.338 e. The van der Waals surface area contributed by atoms with Crippen molar-refractivity contribution in [2.75, 3.05) is 17.6 Å². The van der Waals surface area contributed by atoms with Crippen LogP contribution in [0, 0.1) is 0 Å². The minimum atomic E-state index is -3.39. The van der Waals surface area contributed by atoms with Crippen molar-refractivity contribution in [2.45, 2.75) is 0 Å². The maximum absolute atomic E-state index is 12.3. The Morgan fingerprint density at radius 2 is 1.52 bits per heavy atom. The van der Waals surface area contributed by atoms with E-state index in [0.29, 0.717) is 11.3 Å². The van der Waals surface area contributed by atoms with E-state index in [1.54, 1.807) is 12.1 Å². The van der Waals surface area contributed by atoms with Gasteiger partial charge in [-0.3, -0.25) is 9.52 Å². The summed E-state index contributed by atoms with van der Waals surface area (Å²) in [4.78, 5) is 24.4. The van der Waals surface area contributed by atoms with Gasteiger partial charge in [-0.1, -0.05) is 36.4 Å². The van der Waals surface area contributed by atoms with Gasteiger partial charge in [0.25, 0.3) is 0 Å². The van der Waals surface area contributed by atoms with Crippen molar-refractivity contribution in [3.05, 3.63) is 77.9 Å². The van der Waals surface area contributed by atoms with Crippen LogP contribution in [0.2, 0.25) is 0 Å². The molecule has 6 nitrogen and oxygen atoms in total. The number of fused-ring (bicyclic) bond motifs is 1. The summed E-state index contributed by atoms with van der Waals surface area (Å²) >= 11 is 0. The van der Waals surface area contributed by atoms with Crippen molar-refractivity contribution in [1.82, 2.24) is 0 Å². The number of esters is 1. The Labute approximate surface area is 156 Å². The second-order valence-electron chi connectivity index (χ2n) is 6.01. The number of nitrogens with one attached hydrogen (secondary N) is 1. The second-order valence-corrected chi connectivity index (χ2v) is 7.76. The molecule has 0 bridgehead atoms. The van der Waals surface area contributed by atoms with Crippen LogP contribution in [-0.2, 0) is 14.8 Å². The molecule has 0 amide bonds. The third kappa shape index (κ3) is 4.92. The molecule has 0 aliphatic heterocycles. The maximum Gasteiger partial charge on any atom is 0.338 e. The highest BCUT2D eigenvalue weighted by molar-refractivity contribution is 7.92. The Bertz CT molecular complexity index is 1100. The van der Waals surface area contributed by atoms with E-state index in [2.05, 4.69) is 4.72 Å². The summed E-state index contributed by atoms with van der Waals surface area (Å²) in [5, 5.41) is 1.96. The number of ketones is 1. The van der Waals surface area contributed by atoms with Gasteiger partial charge in [0.1, 0.15) is 0 Å². The first-order valence-electron chi connectivity index (χ1n) is 8.09. The molecule has 3 rings (SSSR count). The van der Waals surface area contributed by atoms with E-state index in [0.717, 1.165) is 17.0 Å². The SMILES string of the molecule is CS(=O)(=O)Nc1ccc(C(=O)OCC(=O)c2ccc3ccccc3c2)cc1. The van der Waals surface area contributed by atoms with E-state index >= 15 is 0 Å². The van der Waals surface area contributed by atoms with Crippen molar-refractivity contribution < 1.29 is 22.7 Å². The third-order valence-electron chi connectivity index (χ3n) is 3.83. The van der Waals surface area contributed by atoms with Crippen LogP contribution in [0.3, 0.4) is 0 Å². The van der Waals surface area contributed by atoms with Gasteiger partial charge in [-0.25, -0.2) is 13.2 Å². The Morgan fingerprint density at radius 1 is 0.889 bits per heavy atom. The average Bonchev–Trinajstić information content (AvgIpc) is 2.64. The Kier molecular flexibility index (Phi) is 5.23. The van der Waals surface area contributed by atoms with Gasteiger partial charge in [0.2, 0.25) is 10.0 Å². The number of carbonyl (C=O) groups excluding carboxylic acids is 2. The number of Topliss-reactive ketones (excluding diaryl/α,β-unsaturated/α-hetero) is 1. The van der Waals surface area contributed by atoms with E-state index < -0.39 is 16.0 Å². The van der Waals surface area contributed by atoms with Gasteiger partial charge in [0.05, 0.1) is 11.8 Å². The lowest BCUT2D eigenvalue weighted by molar-refractivity contribution is 0.0475. The zero-order valence-corrected chi connectivity index (χ0v) is 15.3. The zero-order valence-electron chi connectivity index (χ0n) is 14.5. The molecule has 138 valence electrons. The number of benzene rings is 3. The lowest BCUT2D eigenvalue weighted by atomic mass is 10.0. The highest BCUT2D eigenvalue weighted by Gasteiger charge is 2.13. The van der Waals surface area contributed by atoms with Crippen LogP contribution in [0.4, 0.5) is 5.69 Å². The molecule has 0 saturated carbocycles. The zero-order chi connectivity index (χ0) is 19.4. The Hall–Kier alpha value is -3.19. The quantitative estimate of drug-likeness (QED) is 0.521. The normalized spacial score (nSPS) is 11.1. The molecule has 0 aliphatic carbocycles. The molecular weight excluding hydrogens is 366 g/mol. The lowest BCUT2D eigenvalue weighted by Crippen LogP contribution is -2.14. The predicted molar refractivity (Wildman–Crippen MR) is 103 cm³/mol. The predicted octanol–water partition coefficient (Wildman–Crippen LogP) is 3.25. The van der Waals surface area contributed by atoms with Crippen LogP contribution < -0.4 is 4.72 Å². The molecular formula is C20H17NO5S. The molecule has 0 aromatic heterocycles. The van der Waals surface area contributed by atoms with Crippen molar-refractivity contribution in [1.29, 1.82) is 0 Å². The number of anilines is 1. The second kappa shape index (κ2) is 7.59. The molecule has 0 atom stereocenters. The van der Waals surface area contributed by atoms with E-state index in [4.69, 9.17) is 4.74 Å². The van der Waals surface area contributed by atoms with Crippen LogP contribution in [0.5, 0.6) is 0 Å². The molecule has 7 heteroatoms. The average molecular weight is 383 g/mol. The minimum Gasteiger partial charge on any atom is -0.454 e. The molecule has 0 heterocycles. The van der Waals surface area contributed by atoms with Crippen molar-refractivity contribution in [3.63, 3.8) is 0 Å². The maximum atomic E-state index is 12.3. The standard InChI is InChI=1S/C20H17NO5S/c1-27(24,25)21-18-10-8-15(9-11-18)20(23)26-13-19(22)17-7-6-14-4-2-3-5-16(14)12-17/h2-12,21H,13H2,1H3. The van der Waals surface area contributed by atoms with Gasteiger partial charge in [-0.05, 0) is 41.1 Å². The van der Waals surface area contributed by atoms with Crippen molar-refractivity contribution in [3.8, 4) is 0 Å². The summed E-state index contributed by atoms with van der Waals surface area (Å²) in [6, 6.07) is 18.7. The highest BCUT2D eigenvalue weighted by Crippen LogP contribution is 2.16. The molecule has 0 unspecified atom stereocenters. The van der Waals surface area contributed by atoms with Crippen LogP contribution >= 0.6 is 0 Å². The first-order chi connectivity index (χ1) is 12.8. The van der Waals surface area contributed by atoms with Crippen molar-refractivity contribution in [2.24, 2.45) is 0 Å². The molecule has 0 aliphatic rings. The first kappa shape index (κ1) is 18.6. The van der Waals surface area contributed by atoms with Crippen molar-refractivity contribution >= 4 is 38.2 Å². The third-order valence-corrected chi connectivity index (χ3v) is 4.44. The van der Waals surface area contributed by atoms with E-state index in [9.17, 15) is 18.0 Å². The van der Waals surface area contributed by atoms with Crippen LogP contribution in [-0.4, -0.2) is 33.0 Å². The molecule has 1 N–H and O–H groups in total. The molecule has 3 aromatic rings. The van der Waals surface area contributed by atoms with Gasteiger partial charge in [0.15, 0.2) is 12.4 Å². The largest absolute Gasteiger partial charge is 0.454 e. The van der Waals surface area contributed by atoms with E-state index in [-0.39, 0.29) is 18.0 Å². The molecule has 0 spiro atoms. The number of carbonyl (C=O) groups is 2. The van der Waals surface area contributed by atoms with Gasteiger partial charge in [0, 0.05) is 11.3 Å². The summed E-state index contributed by atoms with van der Waals surface area (Å²) in [5.74, 6) is -0.959. The van der Waals surface area contributed by atoms with E-state index in [1.165, 1.54) is 24.3 Å². The van der Waals surface area contributed by atoms with Gasteiger partial charge >= 0.3 is 5.97 Å². The number of ether oxygens (including phenoxy) is 1. The monoisotopic (exact) mass is 383 g/mol. The number of sulfonamides is 1.